The third-order valence-corrected chi connectivity index (χ3v) is 2.49. The molecule has 1 N–H and O–H groups in total. The molecule has 92 valence electrons. The summed E-state index contributed by atoms with van der Waals surface area (Å²) in [7, 11) is 0. The van der Waals surface area contributed by atoms with Crippen molar-refractivity contribution in [3.63, 3.8) is 0 Å². The molecule has 0 saturated carbocycles. The Balaban J connectivity index is 2.97. The monoisotopic (exact) mass is 235 g/mol. The number of carbonyl (C=O) groups is 1. The lowest BCUT2D eigenvalue weighted by molar-refractivity contribution is 0.0945. The maximum atomic E-state index is 13.6. The van der Waals surface area contributed by atoms with Crippen molar-refractivity contribution >= 4 is 12.0 Å². The first-order valence-electron chi connectivity index (χ1n) is 5.66. The van der Waals surface area contributed by atoms with Crippen LogP contribution in [-0.2, 0) is 0 Å². The second-order valence-electron chi connectivity index (χ2n) is 4.50. The van der Waals surface area contributed by atoms with Crippen molar-refractivity contribution in [1.29, 1.82) is 0 Å². The van der Waals surface area contributed by atoms with Gasteiger partial charge in [-0.15, -0.1) is 0 Å². The average Bonchev–Trinajstić information content (AvgIpc) is 2.26. The smallest absolute Gasteiger partial charge is 0.254 e. The summed E-state index contributed by atoms with van der Waals surface area (Å²) in [4.78, 5) is 11.8. The van der Waals surface area contributed by atoms with Crippen LogP contribution >= 0.6 is 0 Å². The second kappa shape index (κ2) is 5.62. The molecule has 0 unspecified atom stereocenters. The lowest BCUT2D eigenvalue weighted by atomic mass is 10.0. The zero-order valence-corrected chi connectivity index (χ0v) is 10.5. The molecule has 1 aromatic carbocycles. The van der Waals surface area contributed by atoms with Crippen LogP contribution in [-0.4, -0.2) is 12.5 Å². The van der Waals surface area contributed by atoms with E-state index in [1.165, 1.54) is 12.1 Å². The first-order valence-corrected chi connectivity index (χ1v) is 5.66. The number of benzene rings is 1. The van der Waals surface area contributed by atoms with Crippen LogP contribution in [0.2, 0.25) is 0 Å². The highest BCUT2D eigenvalue weighted by molar-refractivity contribution is 5.95. The predicted molar refractivity (Wildman–Crippen MR) is 68.4 cm³/mol. The maximum Gasteiger partial charge on any atom is 0.254 e. The van der Waals surface area contributed by atoms with E-state index in [4.69, 9.17) is 0 Å². The summed E-state index contributed by atoms with van der Waals surface area (Å²) in [6.45, 7) is 9.94. The van der Waals surface area contributed by atoms with Crippen molar-refractivity contribution in [3.05, 3.63) is 41.2 Å². The van der Waals surface area contributed by atoms with Crippen LogP contribution in [0.15, 0.2) is 18.7 Å². The molecule has 17 heavy (non-hydrogen) atoms. The van der Waals surface area contributed by atoms with Crippen molar-refractivity contribution in [3.8, 4) is 0 Å². The van der Waals surface area contributed by atoms with Gasteiger partial charge in [0.15, 0.2) is 0 Å². The molecule has 0 fully saturated rings. The topological polar surface area (TPSA) is 29.1 Å². The van der Waals surface area contributed by atoms with E-state index in [0.29, 0.717) is 12.5 Å². The molecule has 0 aliphatic rings. The number of nitrogens with one attached hydrogen (secondary N) is 1. The average molecular weight is 235 g/mol. The Hall–Kier alpha value is -1.64. The molecule has 0 radical (unpaired) electrons. The van der Waals surface area contributed by atoms with Gasteiger partial charge >= 0.3 is 0 Å². The van der Waals surface area contributed by atoms with Gasteiger partial charge in [-0.25, -0.2) is 4.39 Å². The summed E-state index contributed by atoms with van der Waals surface area (Å²) >= 11 is 0. The van der Waals surface area contributed by atoms with Gasteiger partial charge in [-0.3, -0.25) is 4.79 Å². The van der Waals surface area contributed by atoms with E-state index in [2.05, 4.69) is 11.9 Å². The van der Waals surface area contributed by atoms with E-state index in [1.54, 1.807) is 13.0 Å². The molecule has 1 aromatic rings. The normalized spacial score (nSPS) is 10.4. The highest BCUT2D eigenvalue weighted by Gasteiger charge is 2.13. The SMILES string of the molecule is C=Cc1cc(C(=O)NCC(C)C)c(F)cc1C. The summed E-state index contributed by atoms with van der Waals surface area (Å²) in [6.07, 6.45) is 1.62. The third kappa shape index (κ3) is 3.41. The molecule has 1 rings (SSSR count). The summed E-state index contributed by atoms with van der Waals surface area (Å²) in [5.74, 6) is -0.528. The lowest BCUT2D eigenvalue weighted by Crippen LogP contribution is -2.28. The molecule has 1 amide bonds. The summed E-state index contributed by atoms with van der Waals surface area (Å²) < 4.78 is 13.6. The molecule has 3 heteroatoms. The number of hydrogen-bond donors (Lipinski definition) is 1. The molecule has 0 spiro atoms. The Bertz CT molecular complexity index is 438. The molecule has 0 aromatic heterocycles. The van der Waals surface area contributed by atoms with E-state index >= 15 is 0 Å². The molecular formula is C14H18FNO. The van der Waals surface area contributed by atoms with Crippen molar-refractivity contribution in [2.24, 2.45) is 5.92 Å². The van der Waals surface area contributed by atoms with E-state index in [1.807, 2.05) is 13.8 Å². The van der Waals surface area contributed by atoms with Gasteiger partial charge in [0.1, 0.15) is 5.82 Å². The van der Waals surface area contributed by atoms with E-state index in [9.17, 15) is 9.18 Å². The van der Waals surface area contributed by atoms with Crippen LogP contribution in [0.3, 0.4) is 0 Å². The Labute approximate surface area is 102 Å². The van der Waals surface area contributed by atoms with Crippen LogP contribution in [0.1, 0.15) is 35.3 Å². The Morgan fingerprint density at radius 2 is 2.18 bits per heavy atom. The third-order valence-electron chi connectivity index (χ3n) is 2.49. The first kappa shape index (κ1) is 13.4. The van der Waals surface area contributed by atoms with Crippen LogP contribution < -0.4 is 5.32 Å². The van der Waals surface area contributed by atoms with Gasteiger partial charge in [0.2, 0.25) is 0 Å². The van der Waals surface area contributed by atoms with Gasteiger partial charge < -0.3 is 5.32 Å². The highest BCUT2D eigenvalue weighted by atomic mass is 19.1. The lowest BCUT2D eigenvalue weighted by Gasteiger charge is -2.10. The summed E-state index contributed by atoms with van der Waals surface area (Å²) in [5, 5.41) is 2.70. The van der Waals surface area contributed by atoms with Crippen molar-refractivity contribution < 1.29 is 9.18 Å². The zero-order chi connectivity index (χ0) is 13.0. The number of carbonyl (C=O) groups excluding carboxylic acids is 1. The molecule has 0 heterocycles. The molecule has 0 saturated heterocycles. The number of rotatable bonds is 4. The van der Waals surface area contributed by atoms with Crippen molar-refractivity contribution in [2.45, 2.75) is 20.8 Å². The predicted octanol–water partition coefficient (Wildman–Crippen LogP) is 3.16. The Morgan fingerprint density at radius 3 is 2.71 bits per heavy atom. The second-order valence-corrected chi connectivity index (χ2v) is 4.50. The van der Waals surface area contributed by atoms with Crippen LogP contribution in [0, 0.1) is 18.7 Å². The minimum atomic E-state index is -0.491. The number of halogens is 1. The quantitative estimate of drug-likeness (QED) is 0.853. The van der Waals surface area contributed by atoms with Gasteiger partial charge in [-0.1, -0.05) is 26.5 Å². The number of aryl methyl sites for hydroxylation is 1. The van der Waals surface area contributed by atoms with E-state index < -0.39 is 5.82 Å². The number of hydrogen-bond acceptors (Lipinski definition) is 1. The largest absolute Gasteiger partial charge is 0.352 e. The van der Waals surface area contributed by atoms with Crippen LogP contribution in [0.5, 0.6) is 0 Å². The first-order chi connectivity index (χ1) is 7.95. The minimum absolute atomic E-state index is 0.0751. The molecule has 0 aliphatic heterocycles. The Morgan fingerprint density at radius 1 is 1.53 bits per heavy atom. The minimum Gasteiger partial charge on any atom is -0.352 e. The molecule has 0 bridgehead atoms. The summed E-state index contributed by atoms with van der Waals surface area (Å²) in [6, 6.07) is 2.90. The van der Waals surface area contributed by atoms with E-state index in [0.717, 1.165) is 11.1 Å². The van der Waals surface area contributed by atoms with Gasteiger partial charge in [0.05, 0.1) is 5.56 Å². The number of amides is 1. The fourth-order valence-corrected chi connectivity index (χ4v) is 1.48. The van der Waals surface area contributed by atoms with Gasteiger partial charge in [-0.05, 0) is 36.1 Å². The molecule has 0 atom stereocenters. The molecule has 0 aliphatic carbocycles. The fourth-order valence-electron chi connectivity index (χ4n) is 1.48. The zero-order valence-electron chi connectivity index (χ0n) is 10.5. The van der Waals surface area contributed by atoms with Crippen molar-refractivity contribution in [2.75, 3.05) is 6.54 Å². The van der Waals surface area contributed by atoms with Crippen LogP contribution in [0.4, 0.5) is 4.39 Å². The van der Waals surface area contributed by atoms with Crippen LogP contribution in [0.25, 0.3) is 6.08 Å². The van der Waals surface area contributed by atoms with Gasteiger partial charge in [0, 0.05) is 6.54 Å². The maximum absolute atomic E-state index is 13.6. The summed E-state index contributed by atoms with van der Waals surface area (Å²) in [5.41, 5.74) is 1.63. The highest BCUT2D eigenvalue weighted by Crippen LogP contribution is 2.16. The Kier molecular flexibility index (Phi) is 4.44. The van der Waals surface area contributed by atoms with Gasteiger partial charge in [0.25, 0.3) is 5.91 Å². The fraction of sp³-hybridized carbons (Fsp3) is 0.357. The standard InChI is InChI=1S/C14H18FNO/c1-5-11-7-12(13(15)6-10(11)4)14(17)16-8-9(2)3/h5-7,9H,1,8H2,2-4H3,(H,16,17). The van der Waals surface area contributed by atoms with E-state index in [-0.39, 0.29) is 11.5 Å². The molecule has 2 nitrogen and oxygen atoms in total. The van der Waals surface area contributed by atoms with Gasteiger partial charge in [-0.2, -0.15) is 0 Å². The molecular weight excluding hydrogens is 217 g/mol. The van der Waals surface area contributed by atoms with Crippen molar-refractivity contribution in [1.82, 2.24) is 5.32 Å².